The first-order valence-electron chi connectivity index (χ1n) is 10.8. The topological polar surface area (TPSA) is 82.6 Å². The number of piperazine rings is 1. The van der Waals surface area contributed by atoms with Gasteiger partial charge in [-0.1, -0.05) is 29.8 Å². The maximum absolute atomic E-state index is 12.1. The van der Waals surface area contributed by atoms with Gasteiger partial charge in [-0.2, -0.15) is 4.37 Å². The normalized spacial score (nSPS) is 14.2. The molecule has 1 fully saturated rings. The van der Waals surface area contributed by atoms with Crippen molar-refractivity contribution in [3.05, 3.63) is 64.9 Å². The van der Waals surface area contributed by atoms with Crippen LogP contribution in [0.15, 0.2) is 48.5 Å². The average Bonchev–Trinajstić information content (AvgIpc) is 3.29. The lowest BCUT2D eigenvalue weighted by Gasteiger charge is -2.34. The Hall–Kier alpha value is -2.88. The van der Waals surface area contributed by atoms with Gasteiger partial charge in [0, 0.05) is 74.0 Å². The molecular weight excluding hydrogens is 460 g/mol. The fourth-order valence-electron chi connectivity index (χ4n) is 3.60. The molecule has 0 unspecified atom stereocenters. The predicted octanol–water partition coefficient (Wildman–Crippen LogP) is 3.73. The number of aromatic nitrogens is 2. The Bertz CT molecular complexity index is 1050. The van der Waals surface area contributed by atoms with E-state index in [0.717, 1.165) is 54.3 Å². The van der Waals surface area contributed by atoms with Crippen LogP contribution in [0.3, 0.4) is 0 Å². The second-order valence-electron chi connectivity index (χ2n) is 7.74. The standard InChI is InChI=1S/C23H27ClN6O2S/c1-32-20-4-2-3-19(16-20)26-22(31)25-9-10-29-11-13-30(14-12-29)23-27-21(28-33-23)15-17-5-7-18(24)8-6-17/h2-8,16H,9-15H2,1H3,(H2,25,26,31). The van der Waals surface area contributed by atoms with Gasteiger partial charge >= 0.3 is 6.03 Å². The predicted molar refractivity (Wildman–Crippen MR) is 133 cm³/mol. The lowest BCUT2D eigenvalue weighted by Crippen LogP contribution is -2.48. The molecule has 1 aliphatic rings. The molecule has 4 rings (SSSR count). The van der Waals surface area contributed by atoms with Crippen molar-refractivity contribution in [1.29, 1.82) is 0 Å². The highest BCUT2D eigenvalue weighted by molar-refractivity contribution is 7.09. The summed E-state index contributed by atoms with van der Waals surface area (Å²) in [7, 11) is 1.60. The van der Waals surface area contributed by atoms with Crippen molar-refractivity contribution < 1.29 is 9.53 Å². The van der Waals surface area contributed by atoms with Crippen LogP contribution in [-0.2, 0) is 6.42 Å². The first kappa shape index (κ1) is 23.3. The van der Waals surface area contributed by atoms with E-state index in [1.54, 1.807) is 13.2 Å². The van der Waals surface area contributed by atoms with E-state index in [0.29, 0.717) is 24.4 Å². The SMILES string of the molecule is COc1cccc(NC(=O)NCCN2CCN(c3nc(Cc4ccc(Cl)cc4)ns3)CC2)c1. The Morgan fingerprint density at radius 3 is 2.70 bits per heavy atom. The number of amides is 2. The number of carbonyl (C=O) groups is 1. The van der Waals surface area contributed by atoms with Crippen molar-refractivity contribution in [1.82, 2.24) is 19.6 Å². The molecule has 1 aliphatic heterocycles. The van der Waals surface area contributed by atoms with Crippen LogP contribution < -0.4 is 20.3 Å². The van der Waals surface area contributed by atoms with Crippen LogP contribution in [0.1, 0.15) is 11.4 Å². The molecule has 0 radical (unpaired) electrons. The Kier molecular flexibility index (Phi) is 7.98. The smallest absolute Gasteiger partial charge is 0.319 e. The number of rotatable bonds is 8. The zero-order valence-electron chi connectivity index (χ0n) is 18.5. The Balaban J connectivity index is 1.17. The summed E-state index contributed by atoms with van der Waals surface area (Å²) in [6.07, 6.45) is 0.705. The van der Waals surface area contributed by atoms with E-state index in [2.05, 4.69) is 24.8 Å². The highest BCUT2D eigenvalue weighted by Crippen LogP contribution is 2.21. The third-order valence-electron chi connectivity index (χ3n) is 5.42. The molecule has 1 aromatic heterocycles. The summed E-state index contributed by atoms with van der Waals surface area (Å²) in [4.78, 5) is 21.5. The van der Waals surface area contributed by atoms with E-state index in [4.69, 9.17) is 21.3 Å². The third kappa shape index (κ3) is 6.80. The molecule has 0 bridgehead atoms. The molecule has 2 aromatic carbocycles. The van der Waals surface area contributed by atoms with Crippen molar-refractivity contribution in [3.63, 3.8) is 0 Å². The Labute approximate surface area is 202 Å². The van der Waals surface area contributed by atoms with Crippen molar-refractivity contribution in [2.45, 2.75) is 6.42 Å². The van der Waals surface area contributed by atoms with Crippen molar-refractivity contribution in [2.75, 3.05) is 56.6 Å². The number of benzene rings is 2. The molecule has 174 valence electrons. The van der Waals surface area contributed by atoms with Gasteiger partial charge in [0.2, 0.25) is 5.13 Å². The number of nitrogens with one attached hydrogen (secondary N) is 2. The zero-order valence-corrected chi connectivity index (χ0v) is 20.0. The fraction of sp³-hybridized carbons (Fsp3) is 0.348. The molecule has 2 N–H and O–H groups in total. The molecule has 2 amide bonds. The Morgan fingerprint density at radius 1 is 1.15 bits per heavy atom. The molecule has 0 saturated carbocycles. The van der Waals surface area contributed by atoms with Gasteiger partial charge in [0.15, 0.2) is 0 Å². The van der Waals surface area contributed by atoms with Gasteiger partial charge in [0.05, 0.1) is 7.11 Å². The summed E-state index contributed by atoms with van der Waals surface area (Å²) in [6, 6.07) is 14.9. The second-order valence-corrected chi connectivity index (χ2v) is 8.90. The van der Waals surface area contributed by atoms with Crippen LogP contribution in [0.4, 0.5) is 15.6 Å². The van der Waals surface area contributed by atoms with Crippen LogP contribution in [0.25, 0.3) is 0 Å². The number of nitrogens with zero attached hydrogens (tertiary/aromatic N) is 4. The number of hydrogen-bond acceptors (Lipinski definition) is 7. The molecule has 0 atom stereocenters. The van der Waals surface area contributed by atoms with Crippen molar-refractivity contribution >= 4 is 40.0 Å². The monoisotopic (exact) mass is 486 g/mol. The van der Waals surface area contributed by atoms with Crippen molar-refractivity contribution in [3.8, 4) is 5.75 Å². The van der Waals surface area contributed by atoms with Crippen LogP contribution in [0.5, 0.6) is 5.75 Å². The number of halogens is 1. The lowest BCUT2D eigenvalue weighted by atomic mass is 10.1. The molecule has 1 saturated heterocycles. The molecular formula is C23H27ClN6O2S. The summed E-state index contributed by atoms with van der Waals surface area (Å²) in [5, 5.41) is 7.44. The average molecular weight is 487 g/mol. The zero-order chi connectivity index (χ0) is 23.0. The first-order valence-corrected chi connectivity index (χ1v) is 12.0. The quantitative estimate of drug-likeness (QED) is 0.505. The van der Waals surface area contributed by atoms with E-state index in [-0.39, 0.29) is 6.03 Å². The Morgan fingerprint density at radius 2 is 1.94 bits per heavy atom. The minimum absolute atomic E-state index is 0.219. The fourth-order valence-corrected chi connectivity index (χ4v) is 4.46. The highest BCUT2D eigenvalue weighted by Gasteiger charge is 2.20. The van der Waals surface area contributed by atoms with Gasteiger partial charge in [-0.3, -0.25) is 4.90 Å². The van der Waals surface area contributed by atoms with Gasteiger partial charge in [0.25, 0.3) is 0 Å². The van der Waals surface area contributed by atoms with E-state index in [9.17, 15) is 4.79 Å². The van der Waals surface area contributed by atoms with E-state index in [1.165, 1.54) is 11.5 Å². The molecule has 33 heavy (non-hydrogen) atoms. The minimum atomic E-state index is -0.219. The molecule has 10 heteroatoms. The largest absolute Gasteiger partial charge is 0.497 e. The highest BCUT2D eigenvalue weighted by atomic mass is 35.5. The van der Waals surface area contributed by atoms with E-state index < -0.39 is 0 Å². The second kappa shape index (κ2) is 11.3. The molecule has 0 aliphatic carbocycles. The van der Waals surface area contributed by atoms with E-state index in [1.807, 2.05) is 42.5 Å². The molecule has 0 spiro atoms. The van der Waals surface area contributed by atoms with Crippen molar-refractivity contribution in [2.24, 2.45) is 0 Å². The van der Waals surface area contributed by atoms with Crippen LogP contribution in [-0.4, -0.2) is 66.7 Å². The van der Waals surface area contributed by atoms with Crippen LogP contribution in [0, 0.1) is 0 Å². The first-order chi connectivity index (χ1) is 16.1. The summed E-state index contributed by atoms with van der Waals surface area (Å²) in [6.45, 7) is 5.02. The lowest BCUT2D eigenvalue weighted by molar-refractivity contribution is 0.240. The maximum Gasteiger partial charge on any atom is 0.319 e. The van der Waals surface area contributed by atoms with Crippen LogP contribution in [0.2, 0.25) is 5.02 Å². The molecule has 2 heterocycles. The number of anilines is 2. The van der Waals surface area contributed by atoms with Gasteiger partial charge in [-0.25, -0.2) is 9.78 Å². The summed E-state index contributed by atoms with van der Waals surface area (Å²) in [5.74, 6) is 1.55. The number of hydrogen-bond donors (Lipinski definition) is 2. The molecule has 3 aromatic rings. The van der Waals surface area contributed by atoms with Gasteiger partial charge in [0.1, 0.15) is 11.6 Å². The third-order valence-corrected chi connectivity index (χ3v) is 6.48. The van der Waals surface area contributed by atoms with Gasteiger partial charge in [-0.15, -0.1) is 0 Å². The van der Waals surface area contributed by atoms with Gasteiger partial charge < -0.3 is 20.3 Å². The number of methoxy groups -OCH3 is 1. The van der Waals surface area contributed by atoms with E-state index >= 15 is 0 Å². The van der Waals surface area contributed by atoms with Gasteiger partial charge in [-0.05, 0) is 29.8 Å². The minimum Gasteiger partial charge on any atom is -0.497 e. The number of carbonyl (C=O) groups excluding carboxylic acids is 1. The number of ether oxygens (including phenoxy) is 1. The summed E-state index contributed by atoms with van der Waals surface area (Å²) < 4.78 is 9.70. The summed E-state index contributed by atoms with van der Waals surface area (Å²) >= 11 is 7.41. The summed E-state index contributed by atoms with van der Waals surface area (Å²) in [5.41, 5.74) is 1.85. The molecule has 8 nitrogen and oxygen atoms in total. The van der Waals surface area contributed by atoms with Crippen LogP contribution >= 0.6 is 23.1 Å². The maximum atomic E-state index is 12.1. The number of urea groups is 1.